The van der Waals surface area contributed by atoms with E-state index in [1.165, 1.54) is 64.2 Å². The molecule has 0 rings (SSSR count). The molecule has 0 aromatic carbocycles. The monoisotopic (exact) mass is 400 g/mol. The van der Waals surface area contributed by atoms with Crippen LogP contribution in [0.3, 0.4) is 0 Å². The van der Waals surface area contributed by atoms with Gasteiger partial charge in [0.15, 0.2) is 0 Å². The second-order valence-corrected chi connectivity index (χ2v) is 9.93. The van der Waals surface area contributed by atoms with E-state index >= 15 is 0 Å². The second-order valence-electron chi connectivity index (χ2n) is 7.52. The van der Waals surface area contributed by atoms with Gasteiger partial charge in [0.25, 0.3) is 0 Å². The molecule has 0 aliphatic rings. The van der Waals surface area contributed by atoms with Crippen molar-refractivity contribution >= 4 is 8.80 Å². The highest BCUT2D eigenvalue weighted by atomic mass is 28.4. The van der Waals surface area contributed by atoms with Crippen molar-refractivity contribution in [2.75, 3.05) is 19.8 Å². The van der Waals surface area contributed by atoms with Crippen LogP contribution in [0.15, 0.2) is 11.8 Å². The van der Waals surface area contributed by atoms with Gasteiger partial charge in [0.1, 0.15) is 0 Å². The lowest BCUT2D eigenvalue weighted by Gasteiger charge is -2.27. The third-order valence-corrected chi connectivity index (χ3v) is 7.16. The van der Waals surface area contributed by atoms with Crippen molar-refractivity contribution in [3.05, 3.63) is 11.8 Å². The summed E-state index contributed by atoms with van der Waals surface area (Å²) >= 11 is 0. The molecule has 0 spiro atoms. The highest BCUT2D eigenvalue weighted by Gasteiger charge is 2.38. The molecular formula is C23H48O3Si. The highest BCUT2D eigenvalue weighted by molar-refractivity contribution is 6.66. The molecule has 0 unspecified atom stereocenters. The molecule has 27 heavy (non-hydrogen) atoms. The lowest BCUT2D eigenvalue weighted by Crippen LogP contribution is -2.45. The Hall–Kier alpha value is -0.163. The van der Waals surface area contributed by atoms with Crippen molar-refractivity contribution in [1.29, 1.82) is 0 Å². The first-order chi connectivity index (χ1) is 13.2. The molecule has 0 aromatic rings. The summed E-state index contributed by atoms with van der Waals surface area (Å²) in [5, 5.41) is 0. The third kappa shape index (κ3) is 16.5. The molecule has 0 saturated carbocycles. The minimum atomic E-state index is -2.69. The SMILES string of the molecule is CCCCCCC=C[Si](OCCCCC)(OCCCCC)OCCCCC. The third-order valence-electron chi connectivity index (χ3n) is 4.70. The lowest BCUT2D eigenvalue weighted by atomic mass is 10.2. The molecule has 4 heteroatoms. The van der Waals surface area contributed by atoms with Crippen LogP contribution in [0.1, 0.15) is 118 Å². The summed E-state index contributed by atoms with van der Waals surface area (Å²) in [5.41, 5.74) is 2.18. The van der Waals surface area contributed by atoms with E-state index in [2.05, 4.69) is 39.5 Å². The molecule has 0 fully saturated rings. The van der Waals surface area contributed by atoms with E-state index in [1.54, 1.807) is 0 Å². The largest absolute Gasteiger partial charge is 0.529 e. The fourth-order valence-electron chi connectivity index (χ4n) is 2.89. The van der Waals surface area contributed by atoms with Gasteiger partial charge in [-0.15, -0.1) is 0 Å². The number of rotatable bonds is 21. The molecule has 0 heterocycles. The minimum Gasteiger partial charge on any atom is -0.370 e. The minimum absolute atomic E-state index is 0.752. The van der Waals surface area contributed by atoms with Gasteiger partial charge in [-0.05, 0) is 37.8 Å². The summed E-state index contributed by atoms with van der Waals surface area (Å²) in [5.74, 6) is 0. The maximum atomic E-state index is 6.33. The summed E-state index contributed by atoms with van der Waals surface area (Å²) in [6, 6.07) is 0. The summed E-state index contributed by atoms with van der Waals surface area (Å²) in [6.07, 6.45) is 19.0. The number of unbranched alkanes of at least 4 members (excludes halogenated alkanes) is 10. The van der Waals surface area contributed by atoms with E-state index in [0.717, 1.165) is 45.5 Å². The average Bonchev–Trinajstić information content (AvgIpc) is 2.68. The first-order valence-corrected chi connectivity index (χ1v) is 13.6. The normalized spacial score (nSPS) is 12.3. The van der Waals surface area contributed by atoms with Gasteiger partial charge in [0, 0.05) is 19.8 Å². The molecule has 0 aliphatic carbocycles. The fraction of sp³-hybridized carbons (Fsp3) is 0.913. The molecule has 0 amide bonds. The molecule has 0 N–H and O–H groups in total. The first-order valence-electron chi connectivity index (χ1n) is 11.8. The average molecular weight is 401 g/mol. The van der Waals surface area contributed by atoms with Crippen LogP contribution in [0.2, 0.25) is 0 Å². The Morgan fingerprint density at radius 2 is 0.926 bits per heavy atom. The number of allylic oxidation sites excluding steroid dienone is 1. The highest BCUT2D eigenvalue weighted by Crippen LogP contribution is 2.17. The van der Waals surface area contributed by atoms with Crippen molar-refractivity contribution < 1.29 is 13.3 Å². The Morgan fingerprint density at radius 1 is 0.519 bits per heavy atom. The topological polar surface area (TPSA) is 27.7 Å². The Kier molecular flexibility index (Phi) is 20.4. The van der Waals surface area contributed by atoms with E-state index in [4.69, 9.17) is 13.3 Å². The zero-order chi connectivity index (χ0) is 20.1. The fourth-order valence-corrected chi connectivity index (χ4v) is 5.17. The Balaban J connectivity index is 4.78. The van der Waals surface area contributed by atoms with Gasteiger partial charge in [-0.2, -0.15) is 0 Å². The Bertz CT molecular complexity index is 289. The standard InChI is InChI=1S/C23H48O3Si/c1-5-9-13-14-15-19-23-27(24-20-16-10-6-2,25-21-17-11-7-3)26-22-18-12-8-4/h19,23H,5-18,20-22H2,1-4H3. The van der Waals surface area contributed by atoms with Crippen molar-refractivity contribution in [2.24, 2.45) is 0 Å². The van der Waals surface area contributed by atoms with Gasteiger partial charge in [0.2, 0.25) is 0 Å². The lowest BCUT2D eigenvalue weighted by molar-refractivity contribution is 0.0675. The van der Waals surface area contributed by atoms with E-state index in [-0.39, 0.29) is 0 Å². The van der Waals surface area contributed by atoms with Gasteiger partial charge >= 0.3 is 8.80 Å². The zero-order valence-electron chi connectivity index (χ0n) is 18.9. The van der Waals surface area contributed by atoms with Gasteiger partial charge in [-0.1, -0.05) is 91.6 Å². The maximum Gasteiger partial charge on any atom is 0.529 e. The molecule has 0 saturated heterocycles. The molecule has 0 radical (unpaired) electrons. The van der Waals surface area contributed by atoms with E-state index in [0.29, 0.717) is 0 Å². The first kappa shape index (κ1) is 26.8. The Labute approximate surface area is 171 Å². The Morgan fingerprint density at radius 3 is 1.33 bits per heavy atom. The summed E-state index contributed by atoms with van der Waals surface area (Å²) < 4.78 is 19.0. The van der Waals surface area contributed by atoms with Crippen LogP contribution >= 0.6 is 0 Å². The molecule has 0 atom stereocenters. The van der Waals surface area contributed by atoms with Crippen LogP contribution in [0, 0.1) is 0 Å². The van der Waals surface area contributed by atoms with Crippen LogP contribution in [0.25, 0.3) is 0 Å². The molecular weight excluding hydrogens is 352 g/mol. The van der Waals surface area contributed by atoms with Crippen LogP contribution in [0.5, 0.6) is 0 Å². The van der Waals surface area contributed by atoms with Gasteiger partial charge in [0.05, 0.1) is 0 Å². The quantitative estimate of drug-likeness (QED) is 0.146. The van der Waals surface area contributed by atoms with E-state index < -0.39 is 8.80 Å². The van der Waals surface area contributed by atoms with Gasteiger partial charge in [-0.3, -0.25) is 0 Å². The number of hydrogen-bond acceptors (Lipinski definition) is 3. The molecule has 0 aliphatic heterocycles. The van der Waals surface area contributed by atoms with Gasteiger partial charge in [-0.25, -0.2) is 0 Å². The smallest absolute Gasteiger partial charge is 0.370 e. The van der Waals surface area contributed by atoms with Crippen molar-refractivity contribution in [3.8, 4) is 0 Å². The van der Waals surface area contributed by atoms with Crippen LogP contribution in [-0.2, 0) is 13.3 Å². The van der Waals surface area contributed by atoms with E-state index in [9.17, 15) is 0 Å². The van der Waals surface area contributed by atoms with Crippen molar-refractivity contribution in [3.63, 3.8) is 0 Å². The van der Waals surface area contributed by atoms with Crippen LogP contribution in [-0.4, -0.2) is 28.6 Å². The second kappa shape index (κ2) is 20.6. The summed E-state index contributed by atoms with van der Waals surface area (Å²) in [4.78, 5) is 0. The van der Waals surface area contributed by atoms with Gasteiger partial charge < -0.3 is 13.3 Å². The summed E-state index contributed by atoms with van der Waals surface area (Å²) in [7, 11) is -2.69. The van der Waals surface area contributed by atoms with E-state index in [1.807, 2.05) is 0 Å². The van der Waals surface area contributed by atoms with Crippen molar-refractivity contribution in [1.82, 2.24) is 0 Å². The van der Waals surface area contributed by atoms with Crippen LogP contribution in [0.4, 0.5) is 0 Å². The zero-order valence-corrected chi connectivity index (χ0v) is 19.9. The number of hydrogen-bond donors (Lipinski definition) is 0. The maximum absolute atomic E-state index is 6.33. The molecule has 0 bridgehead atoms. The molecule has 162 valence electrons. The molecule has 0 aromatic heterocycles. The van der Waals surface area contributed by atoms with Crippen molar-refractivity contribution in [2.45, 2.75) is 118 Å². The predicted molar refractivity (Wildman–Crippen MR) is 120 cm³/mol. The molecule has 3 nitrogen and oxygen atoms in total. The summed E-state index contributed by atoms with van der Waals surface area (Å²) in [6.45, 7) is 11.2. The predicted octanol–water partition coefficient (Wildman–Crippen LogP) is 7.61. The van der Waals surface area contributed by atoms with Crippen LogP contribution < -0.4 is 0 Å².